The van der Waals surface area contributed by atoms with Crippen molar-refractivity contribution in [3.05, 3.63) is 0 Å². The van der Waals surface area contributed by atoms with Gasteiger partial charge in [-0.1, -0.05) is 0 Å². The first kappa shape index (κ1) is 33.8. The third-order valence-corrected chi connectivity index (χ3v) is 2.34. The molecule has 0 aromatic heterocycles. The smallest absolute Gasteiger partial charge is 0.403 e. The van der Waals surface area contributed by atoms with E-state index in [0.717, 1.165) is 0 Å². The van der Waals surface area contributed by atoms with Crippen LogP contribution in [0.25, 0.3) is 0 Å². The van der Waals surface area contributed by atoms with Gasteiger partial charge >= 0.3 is 80.5 Å². The van der Waals surface area contributed by atoms with E-state index in [4.69, 9.17) is 40.2 Å². The highest BCUT2D eigenvalue weighted by atomic mass is 16.8. The van der Waals surface area contributed by atoms with Gasteiger partial charge in [0.25, 0.3) is 0 Å². The van der Waals surface area contributed by atoms with Gasteiger partial charge in [0.2, 0.25) is 0 Å². The number of rotatable bonds is 20. The lowest BCUT2D eigenvalue weighted by molar-refractivity contribution is 0.147. The van der Waals surface area contributed by atoms with E-state index in [9.17, 15) is 25.1 Å². The summed E-state index contributed by atoms with van der Waals surface area (Å²) in [6, 6.07) is 0. The average Bonchev–Trinajstić information content (AvgIpc) is 2.57. The van der Waals surface area contributed by atoms with Crippen molar-refractivity contribution < 1.29 is 111 Å². The van der Waals surface area contributed by atoms with E-state index < -0.39 is 80.5 Å². The molecule has 0 unspecified atom stereocenters. The van der Waals surface area contributed by atoms with Gasteiger partial charge in [-0.2, -0.15) is 0 Å². The lowest BCUT2D eigenvalue weighted by Gasteiger charge is -2.17. The third kappa shape index (κ3) is 19.0. The zero-order valence-electron chi connectivity index (χ0n) is 16.2. The molecule has 0 amide bonds. The molecule has 34 heavy (non-hydrogen) atoms. The van der Waals surface area contributed by atoms with Crippen LogP contribution in [0.15, 0.2) is 0 Å². The molecule has 0 aliphatic carbocycles. The molecule has 0 atom stereocenters. The van der Waals surface area contributed by atoms with Crippen LogP contribution in [0.1, 0.15) is 0 Å². The van der Waals surface area contributed by atoms with Crippen LogP contribution >= 0.6 is 0 Å². The minimum Gasteiger partial charge on any atom is -0.403 e. The maximum atomic E-state index is 9.27. The van der Waals surface area contributed by atoms with Crippen LogP contribution in [-0.4, -0.2) is 146 Å². The number of hydrogen-bond acceptors (Lipinski definition) is 23. The van der Waals surface area contributed by atoms with Gasteiger partial charge in [0, 0.05) is 0 Å². The predicted octanol–water partition coefficient (Wildman–Crippen LogP) is -12.1. The molecule has 23 nitrogen and oxygen atoms in total. The van der Waals surface area contributed by atoms with E-state index in [-0.39, 0.29) is 0 Å². The summed E-state index contributed by atoms with van der Waals surface area (Å²) in [5.41, 5.74) is 0. The molecule has 0 aromatic carbocycles. The summed E-state index contributed by atoms with van der Waals surface area (Å²) >= 11 is 0. The molecule has 184 valence electrons. The Morgan fingerprint density at radius 2 is 0.324 bits per heavy atom. The molecule has 0 spiro atoms. The van der Waals surface area contributed by atoms with E-state index in [1.165, 1.54) is 0 Å². The summed E-state index contributed by atoms with van der Waals surface area (Å²) in [6.07, 6.45) is 0. The number of hydrogen-bond donors (Lipinski definition) is 13. The fraction of sp³-hybridized carbons (Fsp3) is 0. The van der Waals surface area contributed by atoms with E-state index in [2.05, 4.69) is 45.7 Å². The molecule has 0 bridgehead atoms. The highest BCUT2D eigenvalue weighted by molar-refractivity contribution is 6.65. The first-order valence-corrected chi connectivity index (χ1v) is 8.07. The van der Waals surface area contributed by atoms with E-state index in [1.807, 2.05) is 0 Å². The van der Waals surface area contributed by atoms with E-state index in [0.29, 0.717) is 0 Å². The Morgan fingerprint density at radius 3 is 0.441 bits per heavy atom. The fourth-order valence-corrected chi connectivity index (χ4v) is 1.29. The molecule has 0 fully saturated rings. The summed E-state index contributed by atoms with van der Waals surface area (Å²) in [5.74, 6) is 0. The van der Waals surface area contributed by atoms with Gasteiger partial charge < -0.3 is 111 Å². The van der Waals surface area contributed by atoms with Crippen molar-refractivity contribution in [1.29, 1.82) is 0 Å². The highest BCUT2D eigenvalue weighted by Gasteiger charge is 2.41. The zero-order chi connectivity index (χ0) is 26.4. The summed E-state index contributed by atoms with van der Waals surface area (Å²) < 4.78 is 40.1. The molecule has 34 heteroatoms. The molecular weight excluding hydrogens is 487 g/mol. The second-order valence-corrected chi connectivity index (χ2v) is 4.78. The van der Waals surface area contributed by atoms with Gasteiger partial charge in [-0.25, -0.2) is 0 Å². The Bertz CT molecular complexity index is 452. The fourth-order valence-electron chi connectivity index (χ4n) is 1.29. The average molecular weight is 500 g/mol. The van der Waals surface area contributed by atoms with Crippen LogP contribution in [0.5, 0.6) is 0 Å². The molecule has 13 N–H and O–H groups in total. The Balaban J connectivity index is 4.21. The summed E-state index contributed by atoms with van der Waals surface area (Å²) in [5, 5.41) is 116. The van der Waals surface area contributed by atoms with E-state index in [1.54, 1.807) is 0 Å². The van der Waals surface area contributed by atoms with Crippen molar-refractivity contribution in [3.8, 4) is 0 Å². The molecular formula is H13B11O23. The lowest BCUT2D eigenvalue weighted by atomic mass is 9.99. The maximum Gasteiger partial charge on any atom is 0.621 e. The topological polar surface area (TPSA) is 355 Å². The summed E-state index contributed by atoms with van der Waals surface area (Å²) in [4.78, 5) is 0. The van der Waals surface area contributed by atoms with Crippen LogP contribution in [-0.2, 0) is 45.7 Å². The van der Waals surface area contributed by atoms with Crippen LogP contribution < -0.4 is 0 Å². The monoisotopic (exact) mass is 502 g/mol. The van der Waals surface area contributed by atoms with Gasteiger partial charge in [0.1, 0.15) is 0 Å². The van der Waals surface area contributed by atoms with Crippen molar-refractivity contribution in [2.75, 3.05) is 0 Å². The summed E-state index contributed by atoms with van der Waals surface area (Å²) in [7, 11) is -28.0. The molecule has 0 heterocycles. The van der Waals surface area contributed by atoms with Gasteiger partial charge in [0.05, 0.1) is 0 Å². The van der Waals surface area contributed by atoms with Crippen LogP contribution in [0, 0.1) is 0 Å². The minimum absolute atomic E-state index is 2.45. The molecule has 0 saturated carbocycles. The third-order valence-electron chi connectivity index (χ3n) is 2.34. The largest absolute Gasteiger partial charge is 0.621 e. The van der Waals surface area contributed by atoms with Crippen molar-refractivity contribution in [1.82, 2.24) is 0 Å². The Hall–Kier alpha value is -0.206. The SMILES string of the molecule is OB(O)OB(O)OB(O)OB(O)OB(O)OB(O)OB(O)OB(O)OB(O)OB(O)OB(O)O. The van der Waals surface area contributed by atoms with Crippen molar-refractivity contribution in [2.45, 2.75) is 0 Å². The minimum atomic E-state index is -2.63. The Morgan fingerprint density at radius 1 is 0.206 bits per heavy atom. The second kappa shape index (κ2) is 18.1. The van der Waals surface area contributed by atoms with Gasteiger partial charge in [0.15, 0.2) is 0 Å². The van der Waals surface area contributed by atoms with Crippen LogP contribution in [0.4, 0.5) is 0 Å². The standard InChI is InChI=1S/B11H13O23/c12-1(13)25-3(16)27-5(18)29-7(20)31-9(22)33-11(24)34-10(23)32-8(21)30-6(19)28-4(17)26-2(14)15/h12-24H. The predicted molar refractivity (Wildman–Crippen MR) is 103 cm³/mol. The maximum absolute atomic E-state index is 9.27. The molecule has 0 rings (SSSR count). The first-order valence-electron chi connectivity index (χ1n) is 8.07. The Labute approximate surface area is 192 Å². The van der Waals surface area contributed by atoms with Gasteiger partial charge in [-0.05, 0) is 0 Å². The van der Waals surface area contributed by atoms with Gasteiger partial charge in [-0.3, -0.25) is 0 Å². The Kier molecular flexibility index (Phi) is 18.0. The first-order chi connectivity index (χ1) is 15.7. The second-order valence-electron chi connectivity index (χ2n) is 4.78. The van der Waals surface area contributed by atoms with Gasteiger partial charge in [-0.15, -0.1) is 0 Å². The quantitative estimate of drug-likeness (QED) is 0.0690. The van der Waals surface area contributed by atoms with Crippen molar-refractivity contribution >= 4 is 80.5 Å². The van der Waals surface area contributed by atoms with Crippen molar-refractivity contribution in [3.63, 3.8) is 0 Å². The normalized spacial score (nSPS) is 10.5. The molecule has 0 aliphatic rings. The highest BCUT2D eigenvalue weighted by Crippen LogP contribution is 2.00. The van der Waals surface area contributed by atoms with Crippen LogP contribution in [0.2, 0.25) is 0 Å². The molecule has 0 radical (unpaired) electrons. The summed E-state index contributed by atoms with van der Waals surface area (Å²) in [6.45, 7) is 0. The van der Waals surface area contributed by atoms with Crippen LogP contribution in [0.3, 0.4) is 0 Å². The lowest BCUT2D eigenvalue weighted by Crippen LogP contribution is -2.47. The van der Waals surface area contributed by atoms with E-state index >= 15 is 0 Å². The molecule has 0 aliphatic heterocycles. The molecule has 0 saturated heterocycles. The zero-order valence-corrected chi connectivity index (χ0v) is 16.2. The van der Waals surface area contributed by atoms with Crippen molar-refractivity contribution in [2.24, 2.45) is 0 Å². The molecule has 0 aromatic rings.